The first kappa shape index (κ1) is 24.4. The average Bonchev–Trinajstić information content (AvgIpc) is 2.73. The van der Waals surface area contributed by atoms with E-state index in [0.717, 1.165) is 0 Å². The third-order valence-electron chi connectivity index (χ3n) is 4.05. The third-order valence-corrected chi connectivity index (χ3v) is 4.67. The van der Waals surface area contributed by atoms with Gasteiger partial charge in [0.15, 0.2) is 0 Å². The number of amides is 3. The molecule has 0 saturated carbocycles. The summed E-state index contributed by atoms with van der Waals surface area (Å²) in [5.74, 6) is -0.199. The fraction of sp³-hybridized carbons (Fsp3) is 0.318. The topological polar surface area (TPSA) is 106 Å². The minimum Gasteiger partial charge on any atom is -0.490 e. The fourth-order valence-electron chi connectivity index (χ4n) is 2.54. The molecule has 0 spiro atoms. The van der Waals surface area contributed by atoms with Gasteiger partial charge in [-0.3, -0.25) is 25.2 Å². The van der Waals surface area contributed by atoms with Crippen LogP contribution < -0.4 is 20.9 Å². The van der Waals surface area contributed by atoms with E-state index in [9.17, 15) is 14.4 Å². The van der Waals surface area contributed by atoms with Crippen molar-refractivity contribution in [1.29, 1.82) is 0 Å². The molecule has 0 saturated heterocycles. The first-order valence-corrected chi connectivity index (χ1v) is 10.5. The molecule has 0 aromatic heterocycles. The van der Waals surface area contributed by atoms with Crippen LogP contribution in [0.4, 0.5) is 5.69 Å². The Morgan fingerprint density at radius 2 is 1.55 bits per heavy atom. The van der Waals surface area contributed by atoms with Gasteiger partial charge in [-0.15, -0.1) is 0 Å². The van der Waals surface area contributed by atoms with Crippen LogP contribution in [-0.2, 0) is 9.53 Å². The van der Waals surface area contributed by atoms with Crippen LogP contribution in [0.2, 0.25) is 0 Å². The lowest BCUT2D eigenvalue weighted by Gasteiger charge is -2.11. The molecular formula is C22H26BrN3O5. The molecule has 3 amide bonds. The second-order valence-corrected chi connectivity index (χ2v) is 7.97. The molecule has 9 heteroatoms. The standard InChI is InChI=1S/C22H26BrN3O5/c1-14(2)12-20(27)24-17-7-4-15(5-8-17)21(28)25-26-22(29)16-6-9-19(18(23)13-16)31-11-10-30-3/h4-9,13-14H,10-12H2,1-3H3,(H,24,27)(H,25,28)(H,26,29). The van der Waals surface area contributed by atoms with Gasteiger partial charge in [0.05, 0.1) is 11.1 Å². The number of nitrogens with one attached hydrogen (secondary N) is 3. The van der Waals surface area contributed by atoms with E-state index < -0.39 is 11.8 Å². The molecule has 0 fully saturated rings. The summed E-state index contributed by atoms with van der Waals surface area (Å²) >= 11 is 3.36. The van der Waals surface area contributed by atoms with Crippen LogP contribution in [0.3, 0.4) is 0 Å². The van der Waals surface area contributed by atoms with Crippen molar-refractivity contribution in [3.8, 4) is 5.75 Å². The van der Waals surface area contributed by atoms with E-state index in [4.69, 9.17) is 9.47 Å². The van der Waals surface area contributed by atoms with Crippen LogP contribution in [0.1, 0.15) is 41.0 Å². The molecule has 0 aliphatic rings. The molecule has 0 heterocycles. The van der Waals surface area contributed by atoms with E-state index in [1.807, 2.05) is 13.8 Å². The predicted octanol–water partition coefficient (Wildman–Crippen LogP) is 3.53. The maximum Gasteiger partial charge on any atom is 0.269 e. The van der Waals surface area contributed by atoms with Gasteiger partial charge in [0.1, 0.15) is 12.4 Å². The van der Waals surface area contributed by atoms with Crippen molar-refractivity contribution in [2.75, 3.05) is 25.6 Å². The molecule has 0 unspecified atom stereocenters. The zero-order valence-electron chi connectivity index (χ0n) is 17.7. The van der Waals surface area contributed by atoms with Gasteiger partial charge in [-0.2, -0.15) is 0 Å². The number of hydrogen-bond donors (Lipinski definition) is 3. The lowest BCUT2D eigenvalue weighted by molar-refractivity contribution is -0.116. The number of methoxy groups -OCH3 is 1. The van der Waals surface area contributed by atoms with Crippen LogP contribution in [0, 0.1) is 5.92 Å². The number of hydrazine groups is 1. The number of ether oxygens (including phenoxy) is 2. The highest BCUT2D eigenvalue weighted by Gasteiger charge is 2.12. The quantitative estimate of drug-likeness (QED) is 0.367. The molecule has 0 bridgehead atoms. The smallest absolute Gasteiger partial charge is 0.269 e. The van der Waals surface area contributed by atoms with Crippen LogP contribution in [0.15, 0.2) is 46.9 Å². The van der Waals surface area contributed by atoms with Crippen LogP contribution in [0.5, 0.6) is 5.75 Å². The molecule has 2 aromatic rings. The number of carbonyl (C=O) groups excluding carboxylic acids is 3. The van der Waals surface area contributed by atoms with Gasteiger partial charge in [-0.1, -0.05) is 13.8 Å². The molecule has 3 N–H and O–H groups in total. The summed E-state index contributed by atoms with van der Waals surface area (Å²) in [7, 11) is 1.58. The van der Waals surface area contributed by atoms with Crippen molar-refractivity contribution >= 4 is 39.3 Å². The van der Waals surface area contributed by atoms with Crippen LogP contribution in [0.25, 0.3) is 0 Å². The summed E-state index contributed by atoms with van der Waals surface area (Å²) in [5, 5.41) is 2.77. The lowest BCUT2D eigenvalue weighted by Crippen LogP contribution is -2.41. The highest BCUT2D eigenvalue weighted by molar-refractivity contribution is 9.10. The largest absolute Gasteiger partial charge is 0.490 e. The van der Waals surface area contributed by atoms with Crippen molar-refractivity contribution in [1.82, 2.24) is 10.9 Å². The maximum absolute atomic E-state index is 12.3. The Bertz CT molecular complexity index is 916. The normalized spacial score (nSPS) is 10.5. The van der Waals surface area contributed by atoms with E-state index >= 15 is 0 Å². The molecule has 8 nitrogen and oxygen atoms in total. The van der Waals surface area contributed by atoms with Gasteiger partial charge in [0.25, 0.3) is 11.8 Å². The average molecular weight is 492 g/mol. The molecule has 0 atom stereocenters. The monoisotopic (exact) mass is 491 g/mol. The van der Waals surface area contributed by atoms with Crippen molar-refractivity contribution in [3.63, 3.8) is 0 Å². The number of halogens is 1. The van der Waals surface area contributed by atoms with Gasteiger partial charge < -0.3 is 14.8 Å². The Balaban J connectivity index is 1.88. The Hall–Kier alpha value is -2.91. The van der Waals surface area contributed by atoms with Gasteiger partial charge in [0.2, 0.25) is 5.91 Å². The maximum atomic E-state index is 12.3. The number of benzene rings is 2. The summed E-state index contributed by atoms with van der Waals surface area (Å²) in [5.41, 5.74) is 6.03. The zero-order chi connectivity index (χ0) is 22.8. The number of rotatable bonds is 9. The van der Waals surface area contributed by atoms with Gasteiger partial charge in [0, 0.05) is 30.3 Å². The molecule has 0 aliphatic carbocycles. The fourth-order valence-corrected chi connectivity index (χ4v) is 3.03. The minimum absolute atomic E-state index is 0.0826. The van der Waals surface area contributed by atoms with E-state index in [1.165, 1.54) is 0 Å². The van der Waals surface area contributed by atoms with E-state index in [-0.39, 0.29) is 11.8 Å². The molecule has 0 radical (unpaired) electrons. The SMILES string of the molecule is COCCOc1ccc(C(=O)NNC(=O)c2ccc(NC(=O)CC(C)C)cc2)cc1Br. The minimum atomic E-state index is -0.480. The van der Waals surface area contributed by atoms with Crippen molar-refractivity contribution in [3.05, 3.63) is 58.1 Å². The van der Waals surface area contributed by atoms with E-state index in [0.29, 0.717) is 46.7 Å². The first-order chi connectivity index (χ1) is 14.8. The summed E-state index contributed by atoms with van der Waals surface area (Å²) in [6.45, 7) is 4.76. The van der Waals surface area contributed by atoms with Crippen LogP contribution >= 0.6 is 15.9 Å². The molecule has 2 aromatic carbocycles. The molecule has 166 valence electrons. The molecular weight excluding hydrogens is 466 g/mol. The predicted molar refractivity (Wildman–Crippen MR) is 121 cm³/mol. The van der Waals surface area contributed by atoms with Gasteiger partial charge in [-0.25, -0.2) is 0 Å². The van der Waals surface area contributed by atoms with Gasteiger partial charge in [-0.05, 0) is 64.3 Å². The van der Waals surface area contributed by atoms with E-state index in [1.54, 1.807) is 49.6 Å². The molecule has 0 aliphatic heterocycles. The Labute approximate surface area is 189 Å². The van der Waals surface area contributed by atoms with E-state index in [2.05, 4.69) is 32.1 Å². The summed E-state index contributed by atoms with van der Waals surface area (Å²) in [6, 6.07) is 11.2. The Morgan fingerprint density at radius 3 is 2.13 bits per heavy atom. The summed E-state index contributed by atoms with van der Waals surface area (Å²) < 4.78 is 11.1. The number of hydrogen-bond acceptors (Lipinski definition) is 5. The third kappa shape index (κ3) is 8.03. The highest BCUT2D eigenvalue weighted by atomic mass is 79.9. The van der Waals surface area contributed by atoms with Crippen molar-refractivity contribution in [2.45, 2.75) is 20.3 Å². The van der Waals surface area contributed by atoms with Crippen molar-refractivity contribution in [2.24, 2.45) is 5.92 Å². The molecule has 2 rings (SSSR count). The second-order valence-electron chi connectivity index (χ2n) is 7.12. The second kappa shape index (κ2) is 12.1. The van der Waals surface area contributed by atoms with Crippen LogP contribution in [-0.4, -0.2) is 38.0 Å². The highest BCUT2D eigenvalue weighted by Crippen LogP contribution is 2.26. The zero-order valence-corrected chi connectivity index (χ0v) is 19.2. The Kier molecular flexibility index (Phi) is 9.48. The van der Waals surface area contributed by atoms with Gasteiger partial charge >= 0.3 is 0 Å². The first-order valence-electron chi connectivity index (χ1n) is 9.72. The number of carbonyl (C=O) groups is 3. The van der Waals surface area contributed by atoms with Crippen molar-refractivity contribution < 1.29 is 23.9 Å². The summed E-state index contributed by atoms with van der Waals surface area (Å²) in [6.07, 6.45) is 0.421. The number of anilines is 1. The summed E-state index contributed by atoms with van der Waals surface area (Å²) in [4.78, 5) is 36.4. The Morgan fingerprint density at radius 1 is 0.935 bits per heavy atom. The molecule has 31 heavy (non-hydrogen) atoms. The lowest BCUT2D eigenvalue weighted by atomic mass is 10.1.